The molecule has 0 N–H and O–H groups in total. The van der Waals surface area contributed by atoms with Crippen LogP contribution in [0.4, 0.5) is 0 Å². The minimum absolute atomic E-state index is 0.778. The van der Waals surface area contributed by atoms with E-state index in [1.165, 1.54) is 22.3 Å². The molecule has 0 fully saturated rings. The molecular weight excluding hydrogens is 270 g/mol. The Morgan fingerprint density at radius 3 is 2.55 bits per heavy atom. The average Bonchev–Trinajstić information content (AvgIpc) is 2.87. The molecule has 0 unspecified atom stereocenters. The lowest BCUT2D eigenvalue weighted by Gasteiger charge is -2.02. The minimum atomic E-state index is 0.778. The van der Waals surface area contributed by atoms with Crippen molar-refractivity contribution < 1.29 is 4.57 Å². The third kappa shape index (κ3) is 1.51. The molecule has 0 atom stereocenters. The van der Waals surface area contributed by atoms with Crippen molar-refractivity contribution in [1.82, 2.24) is 9.55 Å². The fourth-order valence-corrected chi connectivity index (χ4v) is 3.32. The second kappa shape index (κ2) is 4.28. The molecule has 3 heterocycles. The van der Waals surface area contributed by atoms with Crippen molar-refractivity contribution in [2.45, 2.75) is 6.67 Å². The zero-order chi connectivity index (χ0) is 14.5. The smallest absolute Gasteiger partial charge is 0.229 e. The van der Waals surface area contributed by atoms with Crippen LogP contribution in [0.5, 0.6) is 0 Å². The van der Waals surface area contributed by atoms with Crippen molar-refractivity contribution in [2.24, 2.45) is 0 Å². The van der Waals surface area contributed by atoms with E-state index in [1.54, 1.807) is 0 Å². The summed E-state index contributed by atoms with van der Waals surface area (Å²) < 4.78 is 4.58. The van der Waals surface area contributed by atoms with E-state index in [2.05, 4.69) is 76.0 Å². The van der Waals surface area contributed by atoms with Gasteiger partial charge in [-0.2, -0.15) is 4.57 Å². The molecule has 1 aliphatic rings. The van der Waals surface area contributed by atoms with Crippen LogP contribution in [-0.2, 0) is 6.67 Å². The Balaban J connectivity index is 1.95. The van der Waals surface area contributed by atoms with Crippen LogP contribution in [0.3, 0.4) is 0 Å². The Morgan fingerprint density at radius 1 is 0.818 bits per heavy atom. The van der Waals surface area contributed by atoms with Crippen molar-refractivity contribution in [3.05, 3.63) is 72.9 Å². The third-order valence-corrected chi connectivity index (χ3v) is 4.33. The van der Waals surface area contributed by atoms with Gasteiger partial charge in [0.15, 0.2) is 6.20 Å². The minimum Gasteiger partial charge on any atom is -0.267 e. The molecule has 22 heavy (non-hydrogen) atoms. The molecule has 3 heteroatoms. The van der Waals surface area contributed by atoms with Crippen molar-refractivity contribution in [2.75, 3.05) is 0 Å². The molecule has 4 aromatic rings. The first kappa shape index (κ1) is 11.7. The first-order valence-corrected chi connectivity index (χ1v) is 7.45. The molecule has 2 aromatic carbocycles. The van der Waals surface area contributed by atoms with E-state index in [4.69, 9.17) is 4.98 Å². The van der Waals surface area contributed by atoms with Crippen LogP contribution in [0.1, 0.15) is 0 Å². The molecule has 5 rings (SSSR count). The normalized spacial score (nSPS) is 12.4. The Bertz CT molecular complexity index is 1010. The quantitative estimate of drug-likeness (QED) is 0.399. The number of pyridine rings is 1. The highest BCUT2D eigenvalue weighted by molar-refractivity contribution is 5.85. The van der Waals surface area contributed by atoms with Gasteiger partial charge in [-0.3, -0.25) is 4.57 Å². The second-order valence-corrected chi connectivity index (χ2v) is 5.59. The lowest BCUT2D eigenvalue weighted by Crippen LogP contribution is -2.38. The largest absolute Gasteiger partial charge is 0.267 e. The van der Waals surface area contributed by atoms with Crippen molar-refractivity contribution in [3.63, 3.8) is 0 Å². The van der Waals surface area contributed by atoms with E-state index < -0.39 is 0 Å². The molecule has 0 aliphatic carbocycles. The number of hydrogen-bond donors (Lipinski definition) is 0. The summed E-state index contributed by atoms with van der Waals surface area (Å²) in [5.74, 6) is 1.04. The first-order valence-electron chi connectivity index (χ1n) is 7.45. The highest BCUT2D eigenvalue weighted by Crippen LogP contribution is 2.33. The number of imidazole rings is 1. The lowest BCUT2D eigenvalue weighted by atomic mass is 10.0. The van der Waals surface area contributed by atoms with Gasteiger partial charge >= 0.3 is 0 Å². The Morgan fingerprint density at radius 2 is 1.59 bits per heavy atom. The van der Waals surface area contributed by atoms with Crippen LogP contribution >= 0.6 is 0 Å². The molecular formula is C19H14N3+. The summed E-state index contributed by atoms with van der Waals surface area (Å²) >= 11 is 0. The van der Waals surface area contributed by atoms with Crippen LogP contribution in [-0.4, -0.2) is 9.55 Å². The van der Waals surface area contributed by atoms with Crippen LogP contribution in [0.15, 0.2) is 72.9 Å². The SMILES string of the molecule is c1ccc2c(c1)-c1nc3ccccc3n1C[n+]1ccccc1-2. The summed E-state index contributed by atoms with van der Waals surface area (Å²) in [6.07, 6.45) is 2.13. The standard InChI is InChI=1S/C19H14N3/c1-2-8-15-14(7-1)17-10-5-6-12-21(17)13-22-18-11-4-3-9-16(18)20-19(15)22/h1-12H,13H2/q+1. The van der Waals surface area contributed by atoms with E-state index in [-0.39, 0.29) is 0 Å². The van der Waals surface area contributed by atoms with Crippen LogP contribution in [0.2, 0.25) is 0 Å². The number of nitrogens with zero attached hydrogens (tertiary/aromatic N) is 3. The van der Waals surface area contributed by atoms with Crippen LogP contribution in [0.25, 0.3) is 33.7 Å². The first-order chi connectivity index (χ1) is 10.9. The summed E-state index contributed by atoms with van der Waals surface area (Å²) in [6, 6.07) is 23.2. The number of fused-ring (bicyclic) bond motifs is 7. The third-order valence-electron chi connectivity index (χ3n) is 4.33. The molecule has 0 saturated carbocycles. The molecule has 1 aliphatic heterocycles. The van der Waals surface area contributed by atoms with Gasteiger partial charge in [0.1, 0.15) is 5.82 Å². The molecule has 3 nitrogen and oxygen atoms in total. The van der Waals surface area contributed by atoms with E-state index in [0.29, 0.717) is 0 Å². The van der Waals surface area contributed by atoms with Gasteiger partial charge in [-0.1, -0.05) is 30.3 Å². The number of para-hydroxylation sites is 2. The summed E-state index contributed by atoms with van der Waals surface area (Å²) in [5.41, 5.74) is 5.88. The average molecular weight is 284 g/mol. The Labute approximate surface area is 128 Å². The zero-order valence-electron chi connectivity index (χ0n) is 12.0. The highest BCUT2D eigenvalue weighted by Gasteiger charge is 2.26. The van der Waals surface area contributed by atoms with E-state index >= 15 is 0 Å². The van der Waals surface area contributed by atoms with Crippen molar-refractivity contribution in [1.29, 1.82) is 0 Å². The van der Waals surface area contributed by atoms with Gasteiger partial charge in [0.2, 0.25) is 12.4 Å². The van der Waals surface area contributed by atoms with Gasteiger partial charge in [0.05, 0.1) is 16.6 Å². The van der Waals surface area contributed by atoms with Gasteiger partial charge in [0, 0.05) is 17.7 Å². The monoisotopic (exact) mass is 284 g/mol. The van der Waals surface area contributed by atoms with Gasteiger partial charge in [0.25, 0.3) is 0 Å². The summed E-state index contributed by atoms with van der Waals surface area (Å²) in [6.45, 7) is 0.778. The maximum absolute atomic E-state index is 4.89. The molecule has 104 valence electrons. The zero-order valence-corrected chi connectivity index (χ0v) is 12.0. The van der Waals surface area contributed by atoms with Gasteiger partial charge < -0.3 is 0 Å². The Hall–Kier alpha value is -2.94. The van der Waals surface area contributed by atoms with E-state index in [9.17, 15) is 0 Å². The van der Waals surface area contributed by atoms with Gasteiger partial charge in [-0.05, 0) is 24.3 Å². The summed E-state index contributed by atoms with van der Waals surface area (Å²) in [5, 5.41) is 0. The molecule has 0 saturated heterocycles. The topological polar surface area (TPSA) is 21.7 Å². The lowest BCUT2D eigenvalue weighted by molar-refractivity contribution is -0.689. The highest BCUT2D eigenvalue weighted by atomic mass is 15.2. The number of aromatic nitrogens is 3. The summed E-state index contributed by atoms with van der Waals surface area (Å²) in [4.78, 5) is 4.89. The molecule has 0 radical (unpaired) electrons. The maximum atomic E-state index is 4.89. The number of benzene rings is 2. The molecule has 0 spiro atoms. The number of hydrogen-bond acceptors (Lipinski definition) is 1. The van der Waals surface area contributed by atoms with Gasteiger partial charge in [-0.15, -0.1) is 0 Å². The summed E-state index contributed by atoms with van der Waals surface area (Å²) in [7, 11) is 0. The van der Waals surface area contributed by atoms with Crippen LogP contribution < -0.4 is 4.57 Å². The van der Waals surface area contributed by atoms with Crippen molar-refractivity contribution >= 4 is 11.0 Å². The van der Waals surface area contributed by atoms with Crippen LogP contribution in [0, 0.1) is 0 Å². The fraction of sp³-hybridized carbons (Fsp3) is 0.0526. The molecule has 0 bridgehead atoms. The second-order valence-electron chi connectivity index (χ2n) is 5.59. The van der Waals surface area contributed by atoms with Crippen molar-refractivity contribution in [3.8, 4) is 22.6 Å². The van der Waals surface area contributed by atoms with E-state index in [0.717, 1.165) is 18.0 Å². The molecule has 0 amide bonds. The fourth-order valence-electron chi connectivity index (χ4n) is 3.32. The molecule has 2 aromatic heterocycles. The van der Waals surface area contributed by atoms with Gasteiger partial charge in [-0.25, -0.2) is 4.98 Å². The predicted molar refractivity (Wildman–Crippen MR) is 86.2 cm³/mol. The maximum Gasteiger partial charge on any atom is 0.229 e. The van der Waals surface area contributed by atoms with E-state index in [1.807, 2.05) is 6.07 Å². The predicted octanol–water partition coefficient (Wildman–Crippen LogP) is 3.48. The Kier molecular flexibility index (Phi) is 2.27. The number of rotatable bonds is 0.